The van der Waals surface area contributed by atoms with Gasteiger partial charge in [0.05, 0.1) is 18.2 Å². The van der Waals surface area contributed by atoms with Crippen LogP contribution in [0.3, 0.4) is 0 Å². The molecule has 0 aliphatic heterocycles. The van der Waals surface area contributed by atoms with Gasteiger partial charge in [0.2, 0.25) is 0 Å². The van der Waals surface area contributed by atoms with E-state index in [1.54, 1.807) is 6.21 Å². The molecule has 0 unspecified atom stereocenters. The molecule has 0 aliphatic carbocycles. The van der Waals surface area contributed by atoms with Crippen molar-refractivity contribution in [1.29, 1.82) is 0 Å². The Morgan fingerprint density at radius 3 is 2.30 bits per heavy atom. The molecule has 2 aromatic carbocycles. The lowest BCUT2D eigenvalue weighted by atomic mass is 9.87. The molecule has 4 heteroatoms. The number of rotatable bonds is 6. The molecule has 0 fully saturated rings. The van der Waals surface area contributed by atoms with Gasteiger partial charge in [0.15, 0.2) is 5.75 Å². The molecule has 0 aliphatic rings. The van der Waals surface area contributed by atoms with Gasteiger partial charge < -0.3 is 9.74 Å². The number of aliphatic imine (C=N–C) groups is 1. The van der Waals surface area contributed by atoms with Gasteiger partial charge in [-0.1, -0.05) is 38.1 Å². The summed E-state index contributed by atoms with van der Waals surface area (Å²) in [6.45, 7) is 13.7. The summed E-state index contributed by atoms with van der Waals surface area (Å²) in [6.07, 6.45) is 3.62. The summed E-state index contributed by atoms with van der Waals surface area (Å²) in [6, 6.07) is 12.2. The minimum Gasteiger partial charge on any atom is -0.366 e. The average Bonchev–Trinajstić information content (AvgIpc) is 2.62. The van der Waals surface area contributed by atoms with Crippen LogP contribution in [0.2, 0.25) is 0 Å². The van der Waals surface area contributed by atoms with Crippen LogP contribution in [-0.4, -0.2) is 31.0 Å². The Kier molecular flexibility index (Phi) is 6.78. The highest BCUT2D eigenvalue weighted by atomic mass is 16.6. The van der Waals surface area contributed by atoms with Crippen LogP contribution in [0.5, 0.6) is 5.75 Å². The van der Waals surface area contributed by atoms with Gasteiger partial charge in [0, 0.05) is 13.6 Å². The summed E-state index contributed by atoms with van der Waals surface area (Å²) in [4.78, 5) is 12.1. The maximum Gasteiger partial charge on any atom is 0.157 e. The SMILES string of the molecule is CCN(C)C=Nc1cc(C)c(C=NOc2ccc(C(C)(C)C)cc2)cc1C. The molecule has 0 spiro atoms. The van der Waals surface area contributed by atoms with E-state index in [4.69, 9.17) is 4.84 Å². The van der Waals surface area contributed by atoms with Gasteiger partial charge >= 0.3 is 0 Å². The summed E-state index contributed by atoms with van der Waals surface area (Å²) >= 11 is 0. The third-order valence-electron chi connectivity index (χ3n) is 4.55. The average molecular weight is 366 g/mol. The topological polar surface area (TPSA) is 37.2 Å². The third-order valence-corrected chi connectivity index (χ3v) is 4.55. The summed E-state index contributed by atoms with van der Waals surface area (Å²) in [5.74, 6) is 0.734. The molecule has 0 saturated heterocycles. The fraction of sp³-hybridized carbons (Fsp3) is 0.391. The Bertz CT molecular complexity index is 815. The first-order chi connectivity index (χ1) is 12.7. The van der Waals surface area contributed by atoms with Crippen LogP contribution >= 0.6 is 0 Å². The van der Waals surface area contributed by atoms with E-state index in [1.807, 2.05) is 30.4 Å². The monoisotopic (exact) mass is 365 g/mol. The molecule has 0 radical (unpaired) electrons. The third kappa shape index (κ3) is 5.95. The molecular weight excluding hydrogens is 334 g/mol. The van der Waals surface area contributed by atoms with Gasteiger partial charge in [-0.3, -0.25) is 0 Å². The number of aryl methyl sites for hydroxylation is 2. The van der Waals surface area contributed by atoms with Crippen LogP contribution < -0.4 is 4.84 Å². The highest BCUT2D eigenvalue weighted by molar-refractivity contribution is 5.83. The highest BCUT2D eigenvalue weighted by Gasteiger charge is 2.12. The van der Waals surface area contributed by atoms with Crippen molar-refractivity contribution in [1.82, 2.24) is 4.90 Å². The van der Waals surface area contributed by atoms with Crippen LogP contribution in [0.4, 0.5) is 5.69 Å². The van der Waals surface area contributed by atoms with Gasteiger partial charge in [-0.2, -0.15) is 0 Å². The van der Waals surface area contributed by atoms with Gasteiger partial charge in [-0.25, -0.2) is 4.99 Å². The van der Waals surface area contributed by atoms with E-state index in [2.05, 4.69) is 76.0 Å². The van der Waals surface area contributed by atoms with Crippen LogP contribution in [0, 0.1) is 13.8 Å². The minimum atomic E-state index is 0.132. The molecule has 0 saturated carbocycles. The van der Waals surface area contributed by atoms with Gasteiger partial charge in [-0.15, -0.1) is 0 Å². The van der Waals surface area contributed by atoms with Crippen molar-refractivity contribution in [3.63, 3.8) is 0 Å². The number of oxime groups is 1. The van der Waals surface area contributed by atoms with E-state index in [0.717, 1.165) is 34.7 Å². The quantitative estimate of drug-likeness (QED) is 0.378. The first-order valence-corrected chi connectivity index (χ1v) is 9.37. The Morgan fingerprint density at radius 1 is 1.04 bits per heavy atom. The zero-order valence-corrected chi connectivity index (χ0v) is 17.6. The fourth-order valence-electron chi connectivity index (χ4n) is 2.50. The summed E-state index contributed by atoms with van der Waals surface area (Å²) < 4.78 is 0. The number of benzene rings is 2. The standard InChI is InChI=1S/C23H31N3O/c1-8-26(7)16-24-22-14-17(2)19(13-18(22)3)15-25-27-21-11-9-20(10-12-21)23(4,5)6/h9-16H,8H2,1-7H3. The first kappa shape index (κ1) is 20.7. The summed E-state index contributed by atoms with van der Waals surface area (Å²) in [7, 11) is 2.01. The van der Waals surface area contributed by atoms with Crippen molar-refractivity contribution in [3.8, 4) is 5.75 Å². The van der Waals surface area contributed by atoms with E-state index in [0.29, 0.717) is 0 Å². The molecule has 27 heavy (non-hydrogen) atoms. The van der Waals surface area contributed by atoms with Crippen LogP contribution in [0.15, 0.2) is 46.5 Å². The van der Waals surface area contributed by atoms with Crippen LogP contribution in [0.25, 0.3) is 0 Å². The molecule has 0 heterocycles. The first-order valence-electron chi connectivity index (χ1n) is 9.37. The van der Waals surface area contributed by atoms with Crippen molar-refractivity contribution >= 4 is 18.2 Å². The second kappa shape index (κ2) is 8.85. The normalized spacial score (nSPS) is 12.1. The maximum absolute atomic E-state index is 5.53. The van der Waals surface area contributed by atoms with Crippen molar-refractivity contribution in [2.45, 2.75) is 47.0 Å². The van der Waals surface area contributed by atoms with Crippen LogP contribution in [-0.2, 0) is 5.41 Å². The molecule has 144 valence electrons. The largest absolute Gasteiger partial charge is 0.366 e. The number of hydrogen-bond acceptors (Lipinski definition) is 3. The molecule has 0 bridgehead atoms. The van der Waals surface area contributed by atoms with Gasteiger partial charge in [-0.05, 0) is 72.7 Å². The molecule has 0 atom stereocenters. The summed E-state index contributed by atoms with van der Waals surface area (Å²) in [5, 5.41) is 4.15. The number of nitrogens with zero attached hydrogens (tertiary/aromatic N) is 3. The molecule has 0 N–H and O–H groups in total. The second-order valence-corrected chi connectivity index (χ2v) is 7.91. The molecular formula is C23H31N3O. The predicted octanol–water partition coefficient (Wildman–Crippen LogP) is 5.63. The Labute approximate surface area is 163 Å². The summed E-state index contributed by atoms with van der Waals surface area (Å²) in [5.41, 5.74) is 5.63. The van der Waals surface area contributed by atoms with Crippen molar-refractivity contribution in [2.75, 3.05) is 13.6 Å². The molecule has 0 aromatic heterocycles. The molecule has 2 rings (SSSR count). The van der Waals surface area contributed by atoms with E-state index in [1.165, 1.54) is 5.56 Å². The van der Waals surface area contributed by atoms with E-state index in [-0.39, 0.29) is 5.41 Å². The Morgan fingerprint density at radius 2 is 1.70 bits per heavy atom. The van der Waals surface area contributed by atoms with Crippen molar-refractivity contribution < 1.29 is 4.84 Å². The smallest absolute Gasteiger partial charge is 0.157 e. The Balaban J connectivity index is 2.08. The second-order valence-electron chi connectivity index (χ2n) is 7.91. The lowest BCUT2D eigenvalue weighted by Gasteiger charge is -2.18. The molecule has 0 amide bonds. The van der Waals surface area contributed by atoms with Crippen LogP contribution in [0.1, 0.15) is 49.9 Å². The van der Waals surface area contributed by atoms with E-state index >= 15 is 0 Å². The predicted molar refractivity (Wildman–Crippen MR) is 116 cm³/mol. The zero-order valence-electron chi connectivity index (χ0n) is 17.6. The molecule has 2 aromatic rings. The fourth-order valence-corrected chi connectivity index (χ4v) is 2.50. The number of hydrogen-bond donors (Lipinski definition) is 0. The van der Waals surface area contributed by atoms with Crippen molar-refractivity contribution in [2.24, 2.45) is 10.1 Å². The minimum absolute atomic E-state index is 0.132. The highest BCUT2D eigenvalue weighted by Crippen LogP contribution is 2.25. The van der Waals surface area contributed by atoms with E-state index < -0.39 is 0 Å². The van der Waals surface area contributed by atoms with Gasteiger partial charge in [0.25, 0.3) is 0 Å². The van der Waals surface area contributed by atoms with Crippen molar-refractivity contribution in [3.05, 3.63) is 58.7 Å². The lowest BCUT2D eigenvalue weighted by Crippen LogP contribution is -2.14. The maximum atomic E-state index is 5.53. The van der Waals surface area contributed by atoms with Gasteiger partial charge in [0.1, 0.15) is 0 Å². The lowest BCUT2D eigenvalue weighted by molar-refractivity contribution is 0.343. The van der Waals surface area contributed by atoms with E-state index in [9.17, 15) is 0 Å². The Hall–Kier alpha value is -2.62. The zero-order chi connectivity index (χ0) is 20.0. The molecule has 4 nitrogen and oxygen atoms in total.